The molecule has 0 radical (unpaired) electrons. The average Bonchev–Trinajstić information content (AvgIpc) is 2.75. The molecule has 0 spiro atoms. The van der Waals surface area contributed by atoms with Crippen LogP contribution in [0.15, 0.2) is 36.4 Å². The lowest BCUT2D eigenvalue weighted by Gasteiger charge is -2.30. The van der Waals surface area contributed by atoms with E-state index in [0.29, 0.717) is 24.6 Å². The van der Waals surface area contributed by atoms with E-state index in [1.807, 2.05) is 0 Å². The van der Waals surface area contributed by atoms with Crippen molar-refractivity contribution in [2.45, 2.75) is 19.8 Å². The Morgan fingerprint density at radius 1 is 1.07 bits per heavy atom. The topological polar surface area (TPSA) is 107 Å². The number of rotatable bonds is 3. The fourth-order valence-corrected chi connectivity index (χ4v) is 4.10. The molecule has 1 atom stereocenters. The number of esters is 1. The number of benzene rings is 2. The zero-order valence-electron chi connectivity index (χ0n) is 16.6. The van der Waals surface area contributed by atoms with Gasteiger partial charge in [-0.15, -0.1) is 0 Å². The first-order chi connectivity index (χ1) is 14.4. The third-order valence-corrected chi connectivity index (χ3v) is 5.69. The van der Waals surface area contributed by atoms with Crippen LogP contribution in [0.4, 0.5) is 5.69 Å². The third kappa shape index (κ3) is 3.36. The van der Waals surface area contributed by atoms with Crippen molar-refractivity contribution in [2.75, 3.05) is 25.4 Å². The van der Waals surface area contributed by atoms with E-state index >= 15 is 0 Å². The smallest absolute Gasteiger partial charge is 0.340 e. The van der Waals surface area contributed by atoms with E-state index < -0.39 is 18.4 Å². The van der Waals surface area contributed by atoms with Crippen molar-refractivity contribution in [3.05, 3.63) is 64.2 Å². The van der Waals surface area contributed by atoms with Crippen molar-refractivity contribution in [2.24, 2.45) is 5.92 Å². The minimum atomic E-state index is -0.798. The Hall–Kier alpha value is -3.48. The van der Waals surface area contributed by atoms with Gasteiger partial charge in [0.25, 0.3) is 5.91 Å². The maximum absolute atomic E-state index is 12.9. The van der Waals surface area contributed by atoms with Crippen LogP contribution in [-0.2, 0) is 9.53 Å². The van der Waals surface area contributed by atoms with Gasteiger partial charge < -0.3 is 15.4 Å². The first-order valence-electron chi connectivity index (χ1n) is 9.94. The molecular formula is C23H22N2O5. The first-order valence-corrected chi connectivity index (χ1v) is 9.94. The highest BCUT2D eigenvalue weighted by Crippen LogP contribution is 2.32. The second-order valence-corrected chi connectivity index (χ2v) is 7.82. The van der Waals surface area contributed by atoms with Crippen molar-refractivity contribution >= 4 is 29.1 Å². The predicted molar refractivity (Wildman–Crippen MR) is 109 cm³/mol. The Morgan fingerprint density at radius 2 is 1.77 bits per heavy atom. The van der Waals surface area contributed by atoms with Crippen molar-refractivity contribution in [3.63, 3.8) is 0 Å². The van der Waals surface area contributed by atoms with E-state index in [0.717, 1.165) is 12.8 Å². The molecule has 1 saturated heterocycles. The number of hydrogen-bond acceptors (Lipinski definition) is 6. The maximum Gasteiger partial charge on any atom is 0.340 e. The van der Waals surface area contributed by atoms with Gasteiger partial charge in [-0.2, -0.15) is 0 Å². The fraction of sp³-hybridized carbons (Fsp3) is 0.304. The molecule has 0 saturated carbocycles. The molecule has 0 aromatic heterocycles. The first kappa shape index (κ1) is 19.8. The number of anilines is 1. The molecule has 154 valence electrons. The van der Waals surface area contributed by atoms with Gasteiger partial charge in [-0.1, -0.05) is 31.2 Å². The van der Waals surface area contributed by atoms with E-state index in [9.17, 15) is 19.2 Å². The molecule has 1 aliphatic carbocycles. The zero-order chi connectivity index (χ0) is 21.4. The standard InChI is InChI=1S/C23H22N2O5/c1-13-5-4-10-25(11-13)18(26)12-30-23(29)17-9-8-16-19(20(17)24)22(28)15-7-3-2-6-14(15)21(16)27/h2-3,6-9,13H,4-5,10-12,24H2,1H3. The number of ether oxygens (including phenoxy) is 1. The molecule has 2 aromatic carbocycles. The number of fused-ring (bicyclic) bond motifs is 2. The fourth-order valence-electron chi connectivity index (χ4n) is 4.10. The molecule has 7 nitrogen and oxygen atoms in total. The summed E-state index contributed by atoms with van der Waals surface area (Å²) in [6.07, 6.45) is 2.00. The van der Waals surface area contributed by atoms with Gasteiger partial charge in [0.15, 0.2) is 18.2 Å². The molecule has 1 heterocycles. The summed E-state index contributed by atoms with van der Waals surface area (Å²) >= 11 is 0. The normalized spacial score (nSPS) is 17.9. The molecule has 2 aromatic rings. The highest BCUT2D eigenvalue weighted by atomic mass is 16.5. The van der Waals surface area contributed by atoms with Crippen molar-refractivity contribution < 1.29 is 23.9 Å². The summed E-state index contributed by atoms with van der Waals surface area (Å²) in [5, 5.41) is 0. The van der Waals surface area contributed by atoms with E-state index in [2.05, 4.69) is 6.92 Å². The van der Waals surface area contributed by atoms with Gasteiger partial charge in [-0.25, -0.2) is 4.79 Å². The minimum absolute atomic E-state index is 0.00401. The van der Waals surface area contributed by atoms with Gasteiger partial charge in [0.2, 0.25) is 0 Å². The van der Waals surface area contributed by atoms with Crippen molar-refractivity contribution in [1.82, 2.24) is 4.90 Å². The maximum atomic E-state index is 12.9. The highest BCUT2D eigenvalue weighted by Gasteiger charge is 2.33. The molecular weight excluding hydrogens is 384 g/mol. The van der Waals surface area contributed by atoms with E-state index in [1.54, 1.807) is 29.2 Å². The minimum Gasteiger partial charge on any atom is -0.452 e. The number of nitrogen functional groups attached to an aromatic ring is 1. The zero-order valence-corrected chi connectivity index (χ0v) is 16.6. The summed E-state index contributed by atoms with van der Waals surface area (Å²) in [6, 6.07) is 9.27. The number of piperidine rings is 1. The van der Waals surface area contributed by atoms with E-state index in [-0.39, 0.29) is 39.6 Å². The Morgan fingerprint density at radius 3 is 2.47 bits per heavy atom. The number of amides is 1. The molecule has 0 bridgehead atoms. The van der Waals surface area contributed by atoms with Gasteiger partial charge in [-0.3, -0.25) is 14.4 Å². The molecule has 2 N–H and O–H groups in total. The number of nitrogens with zero attached hydrogens (tertiary/aromatic N) is 1. The summed E-state index contributed by atoms with van der Waals surface area (Å²) in [4.78, 5) is 52.2. The average molecular weight is 406 g/mol. The SMILES string of the molecule is CC1CCCN(C(=O)COC(=O)c2ccc3c(c2N)C(=O)c2ccccc2C3=O)C1. The van der Waals surface area contributed by atoms with Crippen LogP contribution >= 0.6 is 0 Å². The summed E-state index contributed by atoms with van der Waals surface area (Å²) in [5.74, 6) is -1.37. The lowest BCUT2D eigenvalue weighted by molar-refractivity contribution is -0.136. The van der Waals surface area contributed by atoms with Crippen LogP contribution in [0.2, 0.25) is 0 Å². The summed E-state index contributed by atoms with van der Waals surface area (Å²) < 4.78 is 5.18. The van der Waals surface area contributed by atoms with Gasteiger partial charge in [0.1, 0.15) is 0 Å². The number of likely N-dealkylation sites (tertiary alicyclic amines) is 1. The van der Waals surface area contributed by atoms with Gasteiger partial charge in [0, 0.05) is 29.8 Å². The Kier molecular flexibility index (Phi) is 5.11. The Labute approximate surface area is 173 Å². The lowest BCUT2D eigenvalue weighted by Crippen LogP contribution is -2.41. The third-order valence-electron chi connectivity index (χ3n) is 5.69. The number of nitrogens with two attached hydrogens (primary N) is 1. The number of ketones is 2. The Balaban J connectivity index is 1.54. The van der Waals surface area contributed by atoms with E-state index in [1.165, 1.54) is 12.1 Å². The molecule has 30 heavy (non-hydrogen) atoms. The van der Waals surface area contributed by atoms with Crippen LogP contribution in [0.3, 0.4) is 0 Å². The van der Waals surface area contributed by atoms with E-state index in [4.69, 9.17) is 10.5 Å². The number of carbonyl (C=O) groups is 4. The molecule has 1 fully saturated rings. The van der Waals surface area contributed by atoms with Gasteiger partial charge in [-0.05, 0) is 30.9 Å². The monoisotopic (exact) mass is 406 g/mol. The highest BCUT2D eigenvalue weighted by molar-refractivity contribution is 6.30. The molecule has 1 amide bonds. The second-order valence-electron chi connectivity index (χ2n) is 7.82. The largest absolute Gasteiger partial charge is 0.452 e. The van der Waals surface area contributed by atoms with Gasteiger partial charge >= 0.3 is 5.97 Å². The van der Waals surface area contributed by atoms with Crippen molar-refractivity contribution in [3.8, 4) is 0 Å². The molecule has 7 heteroatoms. The van der Waals surface area contributed by atoms with Crippen LogP contribution in [0.5, 0.6) is 0 Å². The van der Waals surface area contributed by atoms with Crippen LogP contribution < -0.4 is 5.73 Å². The quantitative estimate of drug-likeness (QED) is 0.529. The molecule has 1 aliphatic heterocycles. The van der Waals surface area contributed by atoms with Crippen LogP contribution in [0.1, 0.15) is 62.0 Å². The van der Waals surface area contributed by atoms with Crippen molar-refractivity contribution in [1.29, 1.82) is 0 Å². The molecule has 1 unspecified atom stereocenters. The second kappa shape index (κ2) is 7.74. The summed E-state index contributed by atoms with van der Waals surface area (Å²) in [6.45, 7) is 2.98. The predicted octanol–water partition coefficient (Wildman–Crippen LogP) is 2.46. The summed E-state index contributed by atoms with van der Waals surface area (Å²) in [5.41, 5.74) is 6.70. The molecule has 2 aliphatic rings. The number of hydrogen-bond donors (Lipinski definition) is 1. The number of carbonyl (C=O) groups excluding carboxylic acids is 4. The van der Waals surface area contributed by atoms with Gasteiger partial charge in [0.05, 0.1) is 16.8 Å². The van der Waals surface area contributed by atoms with Crippen LogP contribution in [0.25, 0.3) is 0 Å². The molecule has 4 rings (SSSR count). The van der Waals surface area contributed by atoms with Crippen LogP contribution in [-0.4, -0.2) is 48.0 Å². The summed E-state index contributed by atoms with van der Waals surface area (Å²) in [7, 11) is 0. The lowest BCUT2D eigenvalue weighted by atomic mass is 9.82. The Bertz CT molecular complexity index is 1080. The van der Waals surface area contributed by atoms with Crippen LogP contribution in [0, 0.1) is 5.92 Å².